The first-order valence-electron chi connectivity index (χ1n) is 7.10. The molecular weight excluding hydrogens is 307 g/mol. The van der Waals surface area contributed by atoms with Gasteiger partial charge >= 0.3 is 6.61 Å². The van der Waals surface area contributed by atoms with Crippen LogP contribution in [0, 0.1) is 5.82 Å². The first-order chi connectivity index (χ1) is 10.9. The smallest absolute Gasteiger partial charge is 0.387 e. The van der Waals surface area contributed by atoms with Crippen LogP contribution >= 0.6 is 0 Å². The van der Waals surface area contributed by atoms with Crippen molar-refractivity contribution in [3.05, 3.63) is 65.5 Å². The molecule has 0 aromatic heterocycles. The molecule has 0 spiro atoms. The highest BCUT2D eigenvalue weighted by Gasteiger charge is 2.22. The predicted molar refractivity (Wildman–Crippen MR) is 80.8 cm³/mol. The van der Waals surface area contributed by atoms with Gasteiger partial charge in [0.05, 0.1) is 5.60 Å². The maximum atomic E-state index is 12.9. The molecule has 2 N–H and O–H groups in total. The Morgan fingerprint density at radius 3 is 2.26 bits per heavy atom. The number of aliphatic hydroxyl groups is 1. The van der Waals surface area contributed by atoms with E-state index in [1.807, 2.05) is 0 Å². The van der Waals surface area contributed by atoms with Crippen LogP contribution in [0.25, 0.3) is 0 Å². The van der Waals surface area contributed by atoms with Crippen molar-refractivity contribution in [3.8, 4) is 5.75 Å². The number of nitrogens with one attached hydrogen (secondary N) is 1. The fourth-order valence-electron chi connectivity index (χ4n) is 2.15. The van der Waals surface area contributed by atoms with Crippen molar-refractivity contribution in [2.24, 2.45) is 0 Å². The lowest BCUT2D eigenvalue weighted by molar-refractivity contribution is -0.0498. The highest BCUT2D eigenvalue weighted by atomic mass is 19.3. The molecule has 2 aromatic rings. The zero-order chi connectivity index (χ0) is 16.9. The van der Waals surface area contributed by atoms with Crippen molar-refractivity contribution in [2.75, 3.05) is 6.54 Å². The van der Waals surface area contributed by atoms with Crippen molar-refractivity contribution in [1.29, 1.82) is 0 Å². The second-order valence-electron chi connectivity index (χ2n) is 5.41. The number of hydrogen-bond acceptors (Lipinski definition) is 3. The van der Waals surface area contributed by atoms with Crippen LogP contribution in [0.1, 0.15) is 18.1 Å². The van der Waals surface area contributed by atoms with Crippen LogP contribution in [-0.2, 0) is 12.1 Å². The van der Waals surface area contributed by atoms with Gasteiger partial charge in [-0.25, -0.2) is 4.39 Å². The van der Waals surface area contributed by atoms with E-state index in [0.29, 0.717) is 12.1 Å². The van der Waals surface area contributed by atoms with Gasteiger partial charge in [-0.3, -0.25) is 0 Å². The number of alkyl halides is 2. The number of benzene rings is 2. The maximum absolute atomic E-state index is 12.9. The Morgan fingerprint density at radius 1 is 1.09 bits per heavy atom. The molecule has 1 atom stereocenters. The Hall–Kier alpha value is -2.05. The molecule has 0 aliphatic heterocycles. The largest absolute Gasteiger partial charge is 0.435 e. The van der Waals surface area contributed by atoms with E-state index in [9.17, 15) is 18.3 Å². The van der Waals surface area contributed by atoms with Gasteiger partial charge < -0.3 is 15.2 Å². The molecule has 0 bridgehead atoms. The summed E-state index contributed by atoms with van der Waals surface area (Å²) in [5, 5.41) is 13.5. The predicted octanol–water partition coefficient (Wildman–Crippen LogP) is 3.42. The summed E-state index contributed by atoms with van der Waals surface area (Å²) in [6.45, 7) is -0.502. The van der Waals surface area contributed by atoms with Crippen molar-refractivity contribution in [3.63, 3.8) is 0 Å². The molecule has 2 rings (SSSR count). The minimum absolute atomic E-state index is 0.0991. The van der Waals surface area contributed by atoms with Gasteiger partial charge in [-0.05, 0) is 42.3 Å². The Balaban J connectivity index is 1.87. The second kappa shape index (κ2) is 7.48. The summed E-state index contributed by atoms with van der Waals surface area (Å²) < 4.78 is 41.3. The molecule has 6 heteroatoms. The third-order valence-electron chi connectivity index (χ3n) is 3.41. The van der Waals surface area contributed by atoms with Gasteiger partial charge in [-0.1, -0.05) is 24.3 Å². The molecule has 124 valence electrons. The topological polar surface area (TPSA) is 41.5 Å². The van der Waals surface area contributed by atoms with Gasteiger partial charge in [0.15, 0.2) is 0 Å². The number of halogens is 3. The Morgan fingerprint density at radius 2 is 1.70 bits per heavy atom. The lowest BCUT2D eigenvalue weighted by Crippen LogP contribution is -2.35. The Kier molecular flexibility index (Phi) is 5.63. The lowest BCUT2D eigenvalue weighted by atomic mass is 9.96. The molecule has 23 heavy (non-hydrogen) atoms. The second-order valence-corrected chi connectivity index (χ2v) is 5.41. The fourth-order valence-corrected chi connectivity index (χ4v) is 2.15. The van der Waals surface area contributed by atoms with Gasteiger partial charge in [0.1, 0.15) is 11.6 Å². The van der Waals surface area contributed by atoms with Crippen LogP contribution < -0.4 is 10.1 Å². The highest BCUT2D eigenvalue weighted by Crippen LogP contribution is 2.20. The van der Waals surface area contributed by atoms with Gasteiger partial charge in [-0.2, -0.15) is 8.78 Å². The molecule has 0 heterocycles. The molecule has 0 saturated heterocycles. The average Bonchev–Trinajstić information content (AvgIpc) is 2.49. The van der Waals surface area contributed by atoms with Gasteiger partial charge in [-0.15, -0.1) is 0 Å². The van der Waals surface area contributed by atoms with Crippen molar-refractivity contribution in [2.45, 2.75) is 25.7 Å². The van der Waals surface area contributed by atoms with Crippen LogP contribution in [0.4, 0.5) is 13.2 Å². The third-order valence-corrected chi connectivity index (χ3v) is 3.41. The van der Waals surface area contributed by atoms with Crippen LogP contribution in [0.2, 0.25) is 0 Å². The van der Waals surface area contributed by atoms with E-state index in [4.69, 9.17) is 0 Å². The van der Waals surface area contributed by atoms with Crippen molar-refractivity contribution >= 4 is 0 Å². The van der Waals surface area contributed by atoms with E-state index in [1.165, 1.54) is 36.4 Å². The summed E-state index contributed by atoms with van der Waals surface area (Å²) in [5.74, 6) is -0.259. The molecule has 0 aliphatic rings. The Bertz CT molecular complexity index is 613. The van der Waals surface area contributed by atoms with Crippen LogP contribution in [0.15, 0.2) is 48.5 Å². The average molecular weight is 325 g/mol. The molecule has 1 unspecified atom stereocenters. The number of ether oxygens (including phenoxy) is 1. The van der Waals surface area contributed by atoms with Crippen molar-refractivity contribution in [1.82, 2.24) is 5.32 Å². The van der Waals surface area contributed by atoms with Gasteiger partial charge in [0, 0.05) is 13.1 Å². The molecule has 0 amide bonds. The fraction of sp³-hybridized carbons (Fsp3) is 0.294. The van der Waals surface area contributed by atoms with E-state index in [2.05, 4.69) is 10.1 Å². The van der Waals surface area contributed by atoms with E-state index >= 15 is 0 Å². The number of hydrogen-bond donors (Lipinski definition) is 2. The minimum Gasteiger partial charge on any atom is -0.435 e. The molecule has 3 nitrogen and oxygen atoms in total. The molecule has 2 aromatic carbocycles. The number of rotatable bonds is 7. The van der Waals surface area contributed by atoms with Crippen molar-refractivity contribution < 1.29 is 23.0 Å². The third kappa shape index (κ3) is 5.26. The summed E-state index contributed by atoms with van der Waals surface area (Å²) in [5.41, 5.74) is 0.320. The van der Waals surface area contributed by atoms with E-state index in [1.54, 1.807) is 19.1 Å². The highest BCUT2D eigenvalue weighted by molar-refractivity contribution is 5.27. The van der Waals surface area contributed by atoms with E-state index in [0.717, 1.165) is 5.56 Å². The van der Waals surface area contributed by atoms with E-state index < -0.39 is 12.2 Å². The summed E-state index contributed by atoms with van der Waals surface area (Å²) in [4.78, 5) is 0. The molecule has 0 aliphatic carbocycles. The maximum Gasteiger partial charge on any atom is 0.387 e. The van der Waals surface area contributed by atoms with Crippen LogP contribution in [0.3, 0.4) is 0 Å². The standard InChI is InChI=1S/C17H18F3NO2/c1-17(22,13-4-6-14(18)7-5-13)11-21-10-12-2-8-15(9-3-12)23-16(19)20/h2-9,16,21-22H,10-11H2,1H3. The Labute approximate surface area is 132 Å². The summed E-state index contributed by atoms with van der Waals surface area (Å²) >= 11 is 0. The zero-order valence-corrected chi connectivity index (χ0v) is 12.6. The first-order valence-corrected chi connectivity index (χ1v) is 7.10. The van der Waals surface area contributed by atoms with Crippen LogP contribution in [-0.4, -0.2) is 18.3 Å². The van der Waals surface area contributed by atoms with Gasteiger partial charge in [0.25, 0.3) is 0 Å². The summed E-state index contributed by atoms with van der Waals surface area (Å²) in [6, 6.07) is 11.9. The summed E-state index contributed by atoms with van der Waals surface area (Å²) in [7, 11) is 0. The summed E-state index contributed by atoms with van der Waals surface area (Å²) in [6.07, 6.45) is 0. The minimum atomic E-state index is -2.84. The molecular formula is C17H18F3NO2. The SMILES string of the molecule is CC(O)(CNCc1ccc(OC(F)F)cc1)c1ccc(F)cc1. The van der Waals surface area contributed by atoms with Crippen LogP contribution in [0.5, 0.6) is 5.75 Å². The quantitative estimate of drug-likeness (QED) is 0.819. The van der Waals surface area contributed by atoms with E-state index in [-0.39, 0.29) is 18.1 Å². The molecule has 0 fully saturated rings. The molecule has 0 radical (unpaired) electrons. The first kappa shape index (κ1) is 17.3. The monoisotopic (exact) mass is 325 g/mol. The lowest BCUT2D eigenvalue weighted by Gasteiger charge is -2.24. The normalized spacial score (nSPS) is 13.8. The zero-order valence-electron chi connectivity index (χ0n) is 12.6. The molecule has 0 saturated carbocycles. The van der Waals surface area contributed by atoms with Gasteiger partial charge in [0.2, 0.25) is 0 Å².